The largest absolute Gasteiger partial charge is 0.247 e. The van der Waals surface area contributed by atoms with E-state index in [4.69, 9.17) is 0 Å². The lowest BCUT2D eigenvalue weighted by Gasteiger charge is -2.44. The third-order valence-electron chi connectivity index (χ3n) is 9.43. The van der Waals surface area contributed by atoms with Crippen LogP contribution in [0.3, 0.4) is 0 Å². The SMILES string of the molecule is CC1CCC(C2CCC(C3CCC(C4CC(F)C(F)C(F)C4)C(F)C3)CC2)CC1. The van der Waals surface area contributed by atoms with Gasteiger partial charge in [0.1, 0.15) is 18.5 Å². The predicted octanol–water partition coefficient (Wildman–Crippen LogP) is 7.80. The van der Waals surface area contributed by atoms with Crippen molar-refractivity contribution in [3.8, 4) is 0 Å². The summed E-state index contributed by atoms with van der Waals surface area (Å²) in [5.74, 6) is 3.19. The second kappa shape index (κ2) is 9.47. The maximum Gasteiger partial charge on any atom is 0.162 e. The molecule has 0 N–H and O–H groups in total. The van der Waals surface area contributed by atoms with Gasteiger partial charge in [0.15, 0.2) is 6.17 Å². The van der Waals surface area contributed by atoms with Crippen LogP contribution in [0.4, 0.5) is 17.6 Å². The van der Waals surface area contributed by atoms with E-state index < -0.39 is 24.7 Å². The minimum atomic E-state index is -2.01. The highest BCUT2D eigenvalue weighted by Gasteiger charge is 2.46. The van der Waals surface area contributed by atoms with Crippen LogP contribution in [0.2, 0.25) is 0 Å². The first kappa shape index (κ1) is 21.9. The van der Waals surface area contributed by atoms with Crippen LogP contribution in [-0.4, -0.2) is 24.7 Å². The highest BCUT2D eigenvalue weighted by molar-refractivity contribution is 4.95. The molecule has 0 aromatic carbocycles. The van der Waals surface area contributed by atoms with E-state index in [9.17, 15) is 13.2 Å². The highest BCUT2D eigenvalue weighted by Crippen LogP contribution is 2.49. The van der Waals surface area contributed by atoms with Gasteiger partial charge in [0.25, 0.3) is 0 Å². The van der Waals surface area contributed by atoms with Crippen LogP contribution in [0.15, 0.2) is 0 Å². The van der Waals surface area contributed by atoms with Crippen molar-refractivity contribution in [2.45, 2.75) is 115 Å². The molecule has 168 valence electrons. The Bertz CT molecular complexity index is 497. The van der Waals surface area contributed by atoms with Crippen molar-refractivity contribution in [2.24, 2.45) is 41.4 Å². The lowest BCUT2D eigenvalue weighted by molar-refractivity contribution is -0.0292. The lowest BCUT2D eigenvalue weighted by atomic mass is 9.63. The maximum absolute atomic E-state index is 15.1. The molecule has 29 heavy (non-hydrogen) atoms. The molecule has 0 heterocycles. The van der Waals surface area contributed by atoms with Gasteiger partial charge in [-0.1, -0.05) is 19.8 Å². The Morgan fingerprint density at radius 2 is 0.862 bits per heavy atom. The smallest absolute Gasteiger partial charge is 0.162 e. The molecule has 0 saturated heterocycles. The monoisotopic (exact) mass is 416 g/mol. The number of rotatable bonds is 3. The number of hydrogen-bond acceptors (Lipinski definition) is 0. The van der Waals surface area contributed by atoms with Crippen LogP contribution in [0, 0.1) is 41.4 Å². The molecule has 5 atom stereocenters. The van der Waals surface area contributed by atoms with Crippen LogP contribution in [-0.2, 0) is 0 Å². The molecule has 0 aromatic heterocycles. The number of halogens is 4. The number of hydrogen-bond donors (Lipinski definition) is 0. The molecule has 0 radical (unpaired) electrons. The molecule has 4 aliphatic rings. The van der Waals surface area contributed by atoms with Crippen molar-refractivity contribution in [1.29, 1.82) is 0 Å². The molecule has 0 aliphatic heterocycles. The van der Waals surface area contributed by atoms with Gasteiger partial charge in [0, 0.05) is 0 Å². The second-order valence-electron chi connectivity index (χ2n) is 11.2. The van der Waals surface area contributed by atoms with Crippen molar-refractivity contribution in [2.75, 3.05) is 0 Å². The lowest BCUT2D eigenvalue weighted by Crippen LogP contribution is -2.43. The zero-order valence-corrected chi connectivity index (χ0v) is 18.1. The van der Waals surface area contributed by atoms with Crippen molar-refractivity contribution >= 4 is 0 Å². The molecule has 0 amide bonds. The van der Waals surface area contributed by atoms with Gasteiger partial charge in [0.05, 0.1) is 0 Å². The minimum Gasteiger partial charge on any atom is -0.247 e. The summed E-state index contributed by atoms with van der Waals surface area (Å²) in [7, 11) is 0. The average molecular weight is 417 g/mol. The van der Waals surface area contributed by atoms with E-state index in [1.54, 1.807) is 0 Å². The summed E-state index contributed by atoms with van der Waals surface area (Å²) >= 11 is 0. The Hall–Kier alpha value is -0.280. The first-order valence-corrected chi connectivity index (χ1v) is 12.5. The molecule has 4 heteroatoms. The summed E-state index contributed by atoms with van der Waals surface area (Å²) in [5, 5.41) is 0. The van der Waals surface area contributed by atoms with Gasteiger partial charge in [-0.15, -0.1) is 0 Å². The van der Waals surface area contributed by atoms with E-state index in [1.807, 2.05) is 0 Å². The van der Waals surface area contributed by atoms with Crippen LogP contribution in [0.25, 0.3) is 0 Å². The molecular weight excluding hydrogens is 376 g/mol. The summed E-state index contributed by atoms with van der Waals surface area (Å²) in [5.41, 5.74) is 0. The fourth-order valence-corrected chi connectivity index (χ4v) is 7.48. The Labute approximate surface area is 174 Å². The van der Waals surface area contributed by atoms with Crippen molar-refractivity contribution in [3.63, 3.8) is 0 Å². The summed E-state index contributed by atoms with van der Waals surface area (Å²) in [4.78, 5) is 0. The van der Waals surface area contributed by atoms with E-state index in [2.05, 4.69) is 6.92 Å². The molecule has 0 bridgehead atoms. The first-order chi connectivity index (χ1) is 13.9. The third-order valence-corrected chi connectivity index (χ3v) is 9.43. The summed E-state index contributed by atoms with van der Waals surface area (Å²) in [6.45, 7) is 2.38. The standard InChI is InChI=1S/C25H40F4/c1-15-2-4-16(5-3-15)17-6-8-18(9-7-17)19-10-11-21(22(26)12-19)20-13-23(27)25(29)24(28)14-20/h15-25H,2-14H2,1H3. The topological polar surface area (TPSA) is 0 Å². The fourth-order valence-electron chi connectivity index (χ4n) is 7.48. The highest BCUT2D eigenvalue weighted by atomic mass is 19.2. The molecular formula is C25H40F4. The zero-order valence-electron chi connectivity index (χ0n) is 18.1. The first-order valence-electron chi connectivity index (χ1n) is 12.5. The van der Waals surface area contributed by atoms with Gasteiger partial charge < -0.3 is 0 Å². The fraction of sp³-hybridized carbons (Fsp3) is 1.00. The number of alkyl halides is 4. The van der Waals surface area contributed by atoms with E-state index in [-0.39, 0.29) is 24.7 Å². The quantitative estimate of drug-likeness (QED) is 0.412. The van der Waals surface area contributed by atoms with E-state index >= 15 is 4.39 Å². The molecule has 4 saturated carbocycles. The van der Waals surface area contributed by atoms with Crippen molar-refractivity contribution in [1.82, 2.24) is 0 Å². The molecule has 4 fully saturated rings. The van der Waals surface area contributed by atoms with Gasteiger partial charge in [-0.05, 0) is 112 Å². The third kappa shape index (κ3) is 4.97. The van der Waals surface area contributed by atoms with E-state index in [0.717, 1.165) is 30.6 Å². The predicted molar refractivity (Wildman–Crippen MR) is 110 cm³/mol. The molecule has 0 nitrogen and oxygen atoms in total. The van der Waals surface area contributed by atoms with Crippen molar-refractivity contribution < 1.29 is 17.6 Å². The molecule has 5 unspecified atom stereocenters. The normalized spacial score (nSPS) is 52.2. The second-order valence-corrected chi connectivity index (χ2v) is 11.2. The van der Waals surface area contributed by atoms with Gasteiger partial charge >= 0.3 is 0 Å². The van der Waals surface area contributed by atoms with Crippen LogP contribution in [0.1, 0.15) is 90.4 Å². The van der Waals surface area contributed by atoms with Gasteiger partial charge in [-0.3, -0.25) is 0 Å². The minimum absolute atomic E-state index is 0.00243. The Balaban J connectivity index is 1.24. The molecule has 0 aromatic rings. The van der Waals surface area contributed by atoms with Gasteiger partial charge in [-0.25, -0.2) is 17.6 Å². The van der Waals surface area contributed by atoms with Crippen LogP contribution < -0.4 is 0 Å². The molecule has 4 aliphatic carbocycles. The summed E-state index contributed by atoms with van der Waals surface area (Å²) < 4.78 is 56.1. The van der Waals surface area contributed by atoms with Crippen LogP contribution >= 0.6 is 0 Å². The van der Waals surface area contributed by atoms with E-state index in [0.29, 0.717) is 18.3 Å². The summed E-state index contributed by atoms with van der Waals surface area (Å²) in [6.07, 6.45) is 6.49. The van der Waals surface area contributed by atoms with E-state index in [1.165, 1.54) is 51.4 Å². The summed E-state index contributed by atoms with van der Waals surface area (Å²) in [6, 6.07) is 0. The maximum atomic E-state index is 15.1. The Morgan fingerprint density at radius 1 is 0.448 bits per heavy atom. The Kier molecular flexibility index (Phi) is 7.16. The van der Waals surface area contributed by atoms with Gasteiger partial charge in [0.2, 0.25) is 0 Å². The average Bonchev–Trinajstić information content (AvgIpc) is 2.72. The van der Waals surface area contributed by atoms with Gasteiger partial charge in [-0.2, -0.15) is 0 Å². The zero-order chi connectivity index (χ0) is 20.5. The Morgan fingerprint density at radius 3 is 1.38 bits per heavy atom. The van der Waals surface area contributed by atoms with Crippen LogP contribution in [0.5, 0.6) is 0 Å². The van der Waals surface area contributed by atoms with Crippen molar-refractivity contribution in [3.05, 3.63) is 0 Å². The molecule has 0 spiro atoms. The molecule has 4 rings (SSSR count).